The van der Waals surface area contributed by atoms with Crippen molar-refractivity contribution >= 4 is 16.0 Å². The Bertz CT molecular complexity index is 604. The maximum Gasteiger partial charge on any atom is 0.321 e. The van der Waals surface area contributed by atoms with Crippen LogP contribution < -0.4 is 4.72 Å². The van der Waals surface area contributed by atoms with Crippen LogP contribution in [-0.2, 0) is 19.6 Å². The number of nitrogens with zero attached hydrogens (tertiary/aromatic N) is 1. The highest BCUT2D eigenvalue weighted by atomic mass is 32.2. The zero-order valence-corrected chi connectivity index (χ0v) is 11.6. The molecule has 1 aromatic carbocycles. The highest BCUT2D eigenvalue weighted by molar-refractivity contribution is 7.89. The van der Waals surface area contributed by atoms with Gasteiger partial charge in [0.25, 0.3) is 0 Å². The monoisotopic (exact) mass is 298 g/mol. The highest BCUT2D eigenvalue weighted by Gasteiger charge is 2.25. The molecular formula is C12H14N2O5S. The lowest BCUT2D eigenvalue weighted by atomic mass is 10.2. The first-order valence-corrected chi connectivity index (χ1v) is 7.13. The molecule has 20 heavy (non-hydrogen) atoms. The number of sulfonamides is 1. The van der Waals surface area contributed by atoms with Gasteiger partial charge in [0.05, 0.1) is 16.5 Å². The summed E-state index contributed by atoms with van der Waals surface area (Å²) in [4.78, 5) is 10.9. The zero-order chi connectivity index (χ0) is 15.2. The van der Waals surface area contributed by atoms with Crippen LogP contribution in [0.3, 0.4) is 0 Å². The number of carboxylic acids is 1. The Morgan fingerprint density at radius 1 is 1.45 bits per heavy atom. The maximum atomic E-state index is 12.0. The summed E-state index contributed by atoms with van der Waals surface area (Å²) >= 11 is 0. The van der Waals surface area contributed by atoms with Crippen molar-refractivity contribution in [2.75, 3.05) is 13.7 Å². The Balaban J connectivity index is 2.91. The number of benzene rings is 1. The summed E-state index contributed by atoms with van der Waals surface area (Å²) in [5.41, 5.74) is 0.318. The van der Waals surface area contributed by atoms with Gasteiger partial charge in [0, 0.05) is 13.7 Å². The molecule has 0 heterocycles. The highest BCUT2D eigenvalue weighted by Crippen LogP contribution is 2.11. The Hall–Kier alpha value is -1.95. The summed E-state index contributed by atoms with van der Waals surface area (Å²) in [6.07, 6.45) is 0.0152. The van der Waals surface area contributed by atoms with Crippen molar-refractivity contribution < 1.29 is 23.1 Å². The molecule has 0 aliphatic heterocycles. The Kier molecular flexibility index (Phi) is 5.64. The van der Waals surface area contributed by atoms with Crippen LogP contribution in [0.25, 0.3) is 0 Å². The molecule has 108 valence electrons. The largest absolute Gasteiger partial charge is 0.480 e. The summed E-state index contributed by atoms with van der Waals surface area (Å²) in [5, 5.41) is 17.6. The number of carboxylic acid groups (broad SMARTS) is 1. The SMILES string of the molecule is COCCC(NS(=O)(=O)c1ccc(C#N)cc1)C(=O)O. The molecule has 1 rings (SSSR count). The van der Waals surface area contributed by atoms with Crippen molar-refractivity contribution in [3.05, 3.63) is 29.8 Å². The third kappa shape index (κ3) is 4.31. The predicted molar refractivity (Wildman–Crippen MR) is 69.4 cm³/mol. The molecule has 2 N–H and O–H groups in total. The van der Waals surface area contributed by atoms with E-state index in [0.717, 1.165) is 0 Å². The van der Waals surface area contributed by atoms with Crippen molar-refractivity contribution in [3.8, 4) is 6.07 Å². The van der Waals surface area contributed by atoms with Crippen LogP contribution in [0.1, 0.15) is 12.0 Å². The Morgan fingerprint density at radius 3 is 2.50 bits per heavy atom. The van der Waals surface area contributed by atoms with Crippen LogP contribution in [0, 0.1) is 11.3 Å². The van der Waals surface area contributed by atoms with Crippen LogP contribution in [0.2, 0.25) is 0 Å². The normalized spacial score (nSPS) is 12.6. The number of ether oxygens (including phenoxy) is 1. The second-order valence-electron chi connectivity index (χ2n) is 3.93. The number of nitriles is 1. The third-order valence-electron chi connectivity index (χ3n) is 2.50. The second-order valence-corrected chi connectivity index (χ2v) is 5.64. The molecule has 0 fully saturated rings. The van der Waals surface area contributed by atoms with Crippen LogP contribution in [-0.4, -0.2) is 39.3 Å². The minimum Gasteiger partial charge on any atom is -0.480 e. The van der Waals surface area contributed by atoms with Gasteiger partial charge < -0.3 is 9.84 Å². The quantitative estimate of drug-likeness (QED) is 0.749. The number of hydrogen-bond acceptors (Lipinski definition) is 5. The van der Waals surface area contributed by atoms with E-state index in [9.17, 15) is 13.2 Å². The van der Waals surface area contributed by atoms with Crippen molar-refractivity contribution in [1.82, 2.24) is 4.72 Å². The molecule has 0 spiro atoms. The molecule has 0 saturated heterocycles. The van der Waals surface area contributed by atoms with Gasteiger partial charge >= 0.3 is 5.97 Å². The Labute approximate surface area is 116 Å². The summed E-state index contributed by atoms with van der Waals surface area (Å²) in [5.74, 6) is -1.28. The summed E-state index contributed by atoms with van der Waals surface area (Å²) in [7, 11) is -2.56. The molecule has 1 atom stereocenters. The van der Waals surface area contributed by atoms with Gasteiger partial charge in [-0.3, -0.25) is 4.79 Å². The summed E-state index contributed by atoms with van der Waals surface area (Å²) in [6.45, 7) is 0.118. The van der Waals surface area contributed by atoms with Gasteiger partial charge in [-0.1, -0.05) is 0 Å². The van der Waals surface area contributed by atoms with E-state index in [-0.39, 0.29) is 17.9 Å². The summed E-state index contributed by atoms with van der Waals surface area (Å²) < 4.78 is 30.9. The number of methoxy groups -OCH3 is 1. The smallest absolute Gasteiger partial charge is 0.321 e. The average Bonchev–Trinajstić information content (AvgIpc) is 2.43. The first-order valence-electron chi connectivity index (χ1n) is 5.65. The standard InChI is InChI=1S/C12H14N2O5S/c1-19-7-6-11(12(15)16)14-20(17,18)10-4-2-9(8-13)3-5-10/h2-5,11,14H,6-7H2,1H3,(H,15,16). The fourth-order valence-electron chi connectivity index (χ4n) is 1.43. The molecule has 0 saturated carbocycles. The lowest BCUT2D eigenvalue weighted by Gasteiger charge is -2.14. The lowest BCUT2D eigenvalue weighted by Crippen LogP contribution is -2.41. The molecule has 1 aromatic rings. The van der Waals surface area contributed by atoms with Gasteiger partial charge in [-0.05, 0) is 30.7 Å². The molecule has 8 heteroatoms. The second kappa shape index (κ2) is 7.00. The van der Waals surface area contributed by atoms with Gasteiger partial charge in [0.1, 0.15) is 6.04 Å². The van der Waals surface area contributed by atoms with Gasteiger partial charge in [0.2, 0.25) is 10.0 Å². The Morgan fingerprint density at radius 2 is 2.05 bits per heavy atom. The van der Waals surface area contributed by atoms with E-state index in [2.05, 4.69) is 4.72 Å². The van der Waals surface area contributed by atoms with E-state index in [0.29, 0.717) is 5.56 Å². The van der Waals surface area contributed by atoms with Crippen molar-refractivity contribution in [2.24, 2.45) is 0 Å². The molecule has 0 aliphatic carbocycles. The molecule has 1 unspecified atom stereocenters. The van der Waals surface area contributed by atoms with E-state index in [1.165, 1.54) is 31.4 Å². The molecule has 0 aromatic heterocycles. The van der Waals surface area contributed by atoms with Crippen LogP contribution >= 0.6 is 0 Å². The van der Waals surface area contributed by atoms with Gasteiger partial charge in [-0.15, -0.1) is 0 Å². The van der Waals surface area contributed by atoms with Gasteiger partial charge in [-0.2, -0.15) is 9.98 Å². The fraction of sp³-hybridized carbons (Fsp3) is 0.333. The van der Waals surface area contributed by atoms with E-state index in [4.69, 9.17) is 15.1 Å². The van der Waals surface area contributed by atoms with Gasteiger partial charge in [-0.25, -0.2) is 8.42 Å². The molecule has 0 radical (unpaired) electrons. The topological polar surface area (TPSA) is 116 Å². The maximum absolute atomic E-state index is 12.0. The van der Waals surface area contributed by atoms with Gasteiger partial charge in [0.15, 0.2) is 0 Å². The average molecular weight is 298 g/mol. The minimum atomic E-state index is -3.96. The number of hydrogen-bond donors (Lipinski definition) is 2. The molecule has 0 amide bonds. The van der Waals surface area contributed by atoms with E-state index < -0.39 is 22.0 Å². The molecule has 0 bridgehead atoms. The lowest BCUT2D eigenvalue weighted by molar-refractivity contribution is -0.139. The zero-order valence-electron chi connectivity index (χ0n) is 10.7. The van der Waals surface area contributed by atoms with E-state index in [1.54, 1.807) is 0 Å². The van der Waals surface area contributed by atoms with Crippen LogP contribution in [0.15, 0.2) is 29.2 Å². The first kappa shape index (κ1) is 16.1. The van der Waals surface area contributed by atoms with E-state index >= 15 is 0 Å². The van der Waals surface area contributed by atoms with Crippen molar-refractivity contribution in [1.29, 1.82) is 5.26 Å². The molecule has 7 nitrogen and oxygen atoms in total. The first-order chi connectivity index (χ1) is 9.40. The van der Waals surface area contributed by atoms with Crippen molar-refractivity contribution in [2.45, 2.75) is 17.4 Å². The fourth-order valence-corrected chi connectivity index (χ4v) is 2.66. The summed E-state index contributed by atoms with van der Waals surface area (Å²) in [6, 6.07) is 5.78. The number of nitrogens with one attached hydrogen (secondary N) is 1. The minimum absolute atomic E-state index is 0.0152. The van der Waals surface area contributed by atoms with E-state index in [1.807, 2.05) is 6.07 Å². The predicted octanol–water partition coefficient (Wildman–Crippen LogP) is 0.326. The van der Waals surface area contributed by atoms with Crippen LogP contribution in [0.4, 0.5) is 0 Å². The number of carbonyl (C=O) groups is 1. The molecular weight excluding hydrogens is 284 g/mol. The number of rotatable bonds is 7. The third-order valence-corrected chi connectivity index (χ3v) is 3.99. The number of aliphatic carboxylic acids is 1. The molecule has 0 aliphatic rings. The van der Waals surface area contributed by atoms with Crippen LogP contribution in [0.5, 0.6) is 0 Å². The van der Waals surface area contributed by atoms with Crippen molar-refractivity contribution in [3.63, 3.8) is 0 Å².